The monoisotopic (exact) mass is 334 g/mol. The van der Waals surface area contributed by atoms with Gasteiger partial charge in [-0.3, -0.25) is 4.79 Å². The molecule has 0 spiro atoms. The van der Waals surface area contributed by atoms with Gasteiger partial charge in [-0.05, 0) is 73.5 Å². The number of carbonyl (C=O) groups excluding carboxylic acids is 1. The first-order chi connectivity index (χ1) is 11.2. The fraction of sp³-hybridized carbons (Fsp3) is 0.864. The molecule has 2 saturated carbocycles. The third-order valence-corrected chi connectivity index (χ3v) is 7.18. The molecule has 138 valence electrons. The van der Waals surface area contributed by atoms with E-state index in [0.29, 0.717) is 29.3 Å². The van der Waals surface area contributed by atoms with Gasteiger partial charge in [0.25, 0.3) is 0 Å². The Bertz CT molecular complexity index is 465. The Morgan fingerprint density at radius 3 is 2.67 bits per heavy atom. The van der Waals surface area contributed by atoms with Crippen molar-refractivity contribution in [2.24, 2.45) is 28.6 Å². The van der Waals surface area contributed by atoms with E-state index in [-0.39, 0.29) is 5.97 Å². The molecule has 4 unspecified atom stereocenters. The van der Waals surface area contributed by atoms with E-state index < -0.39 is 0 Å². The van der Waals surface area contributed by atoms with E-state index in [0.717, 1.165) is 12.3 Å². The number of esters is 1. The average Bonchev–Trinajstić information content (AvgIpc) is 2.45. The maximum Gasteiger partial charge on any atom is 0.302 e. The van der Waals surface area contributed by atoms with Crippen molar-refractivity contribution in [2.75, 3.05) is 6.61 Å². The molecular weight excluding hydrogens is 296 g/mol. The molecule has 4 atom stereocenters. The smallest absolute Gasteiger partial charge is 0.302 e. The molecule has 0 N–H and O–H groups in total. The second-order valence-corrected chi connectivity index (χ2v) is 9.46. The minimum atomic E-state index is -0.164. The largest absolute Gasteiger partial charge is 0.466 e. The maximum absolute atomic E-state index is 10.9. The highest BCUT2D eigenvalue weighted by molar-refractivity contribution is 5.65. The van der Waals surface area contributed by atoms with Crippen molar-refractivity contribution in [3.63, 3.8) is 0 Å². The van der Waals surface area contributed by atoms with E-state index in [4.69, 9.17) is 4.74 Å². The zero-order valence-corrected chi connectivity index (χ0v) is 16.6. The van der Waals surface area contributed by atoms with Crippen LogP contribution in [0.4, 0.5) is 0 Å². The lowest BCUT2D eigenvalue weighted by Gasteiger charge is -2.58. The lowest BCUT2D eigenvalue weighted by molar-refractivity contribution is -0.141. The molecule has 0 aliphatic heterocycles. The summed E-state index contributed by atoms with van der Waals surface area (Å²) in [5, 5.41) is 0. The van der Waals surface area contributed by atoms with Crippen molar-refractivity contribution in [1.82, 2.24) is 0 Å². The van der Waals surface area contributed by atoms with E-state index >= 15 is 0 Å². The Morgan fingerprint density at radius 2 is 2.00 bits per heavy atom. The number of hydrogen-bond acceptors (Lipinski definition) is 2. The second kappa shape index (κ2) is 7.62. The number of carbonyl (C=O) groups is 1. The van der Waals surface area contributed by atoms with E-state index in [1.165, 1.54) is 57.4 Å². The summed E-state index contributed by atoms with van der Waals surface area (Å²) in [5.41, 5.74) is 2.41. The molecule has 2 heteroatoms. The summed E-state index contributed by atoms with van der Waals surface area (Å²) >= 11 is 0. The molecular formula is C22H38O2. The van der Waals surface area contributed by atoms with Crippen LogP contribution in [-0.2, 0) is 9.53 Å². The molecule has 24 heavy (non-hydrogen) atoms. The summed E-state index contributed by atoms with van der Waals surface area (Å²) in [5.74, 6) is 1.96. The van der Waals surface area contributed by atoms with Crippen LogP contribution in [0.2, 0.25) is 0 Å². The van der Waals surface area contributed by atoms with Crippen molar-refractivity contribution < 1.29 is 9.53 Å². The molecule has 0 aromatic rings. The van der Waals surface area contributed by atoms with Gasteiger partial charge in [0.2, 0.25) is 0 Å². The highest BCUT2D eigenvalue weighted by Gasteiger charge is 2.52. The van der Waals surface area contributed by atoms with Crippen molar-refractivity contribution in [1.29, 1.82) is 0 Å². The molecule has 2 nitrogen and oxygen atoms in total. The van der Waals surface area contributed by atoms with Gasteiger partial charge in [-0.2, -0.15) is 0 Å². The van der Waals surface area contributed by atoms with Gasteiger partial charge in [0, 0.05) is 6.92 Å². The minimum Gasteiger partial charge on any atom is -0.466 e. The lowest BCUT2D eigenvalue weighted by Crippen LogP contribution is -2.49. The van der Waals surface area contributed by atoms with Gasteiger partial charge < -0.3 is 4.74 Å². The van der Waals surface area contributed by atoms with Gasteiger partial charge in [0.15, 0.2) is 0 Å². The molecule has 0 saturated heterocycles. The van der Waals surface area contributed by atoms with Crippen molar-refractivity contribution >= 4 is 5.97 Å². The number of rotatable bonds is 6. The molecule has 2 fully saturated rings. The maximum atomic E-state index is 10.9. The Balaban J connectivity index is 1.97. The van der Waals surface area contributed by atoms with Gasteiger partial charge in [0.05, 0.1) is 6.61 Å². The van der Waals surface area contributed by atoms with Crippen LogP contribution in [0.5, 0.6) is 0 Å². The van der Waals surface area contributed by atoms with Crippen LogP contribution >= 0.6 is 0 Å². The predicted octanol–water partition coefficient (Wildman–Crippen LogP) is 6.15. The van der Waals surface area contributed by atoms with Gasteiger partial charge in [-0.25, -0.2) is 0 Å². The van der Waals surface area contributed by atoms with Gasteiger partial charge in [-0.1, -0.05) is 46.3 Å². The topological polar surface area (TPSA) is 26.3 Å². The average molecular weight is 335 g/mol. The number of hydrogen-bond donors (Lipinski definition) is 0. The van der Waals surface area contributed by atoms with Crippen LogP contribution in [0.3, 0.4) is 0 Å². The summed E-state index contributed by atoms with van der Waals surface area (Å²) in [7, 11) is 0. The van der Waals surface area contributed by atoms with E-state index in [9.17, 15) is 4.79 Å². The fourth-order valence-electron chi connectivity index (χ4n) is 5.81. The first-order valence-electron chi connectivity index (χ1n) is 9.98. The number of ether oxygens (including phenoxy) is 1. The number of fused-ring (bicyclic) bond motifs is 1. The molecule has 2 aliphatic rings. The summed E-state index contributed by atoms with van der Waals surface area (Å²) < 4.78 is 5.10. The van der Waals surface area contributed by atoms with Crippen LogP contribution < -0.4 is 0 Å². The van der Waals surface area contributed by atoms with Gasteiger partial charge >= 0.3 is 5.97 Å². The zero-order chi connectivity index (χ0) is 18.0. The minimum absolute atomic E-state index is 0.164. The summed E-state index contributed by atoms with van der Waals surface area (Å²) in [6.45, 7) is 16.3. The summed E-state index contributed by atoms with van der Waals surface area (Å²) in [4.78, 5) is 10.9. The summed E-state index contributed by atoms with van der Waals surface area (Å²) in [6, 6.07) is 0. The lowest BCUT2D eigenvalue weighted by atomic mass is 9.47. The first-order valence-corrected chi connectivity index (χ1v) is 9.98. The first kappa shape index (κ1) is 19.5. The Kier molecular flexibility index (Phi) is 6.20. The molecule has 0 aromatic heterocycles. The Hall–Kier alpha value is -0.790. The standard InChI is InChI=1S/C22H38O2/c1-16(12-15-24-18(3)23)8-10-19-17(2)9-11-20-21(4,5)13-7-14-22(19,20)6/h16,19-20H,2,7-15H2,1,3-6H3. The van der Waals surface area contributed by atoms with E-state index in [1.54, 1.807) is 0 Å². The van der Waals surface area contributed by atoms with Crippen molar-refractivity contribution in [3.8, 4) is 0 Å². The number of allylic oxidation sites excluding steroid dienone is 1. The Morgan fingerprint density at radius 1 is 1.29 bits per heavy atom. The SMILES string of the molecule is C=C1CCC2C(C)(C)CCCC2(C)C1CCC(C)CCOC(C)=O. The summed E-state index contributed by atoms with van der Waals surface area (Å²) in [6.07, 6.45) is 10.1. The molecule has 0 heterocycles. The van der Waals surface area contributed by atoms with Crippen molar-refractivity contribution in [3.05, 3.63) is 12.2 Å². The highest BCUT2D eigenvalue weighted by Crippen LogP contribution is 2.61. The fourth-order valence-corrected chi connectivity index (χ4v) is 5.81. The van der Waals surface area contributed by atoms with Crippen LogP contribution in [0.25, 0.3) is 0 Å². The van der Waals surface area contributed by atoms with Gasteiger partial charge in [-0.15, -0.1) is 0 Å². The molecule has 2 aliphatic carbocycles. The van der Waals surface area contributed by atoms with Crippen molar-refractivity contribution in [2.45, 2.75) is 86.0 Å². The van der Waals surface area contributed by atoms with Crippen LogP contribution in [0.15, 0.2) is 12.2 Å². The molecule has 0 aromatic carbocycles. The van der Waals surface area contributed by atoms with E-state index in [2.05, 4.69) is 34.3 Å². The second-order valence-electron chi connectivity index (χ2n) is 9.46. The third kappa shape index (κ3) is 4.24. The third-order valence-electron chi connectivity index (χ3n) is 7.18. The zero-order valence-electron chi connectivity index (χ0n) is 16.6. The predicted molar refractivity (Wildman–Crippen MR) is 101 cm³/mol. The quantitative estimate of drug-likeness (QED) is 0.430. The van der Waals surface area contributed by atoms with Crippen LogP contribution in [0.1, 0.15) is 86.0 Å². The van der Waals surface area contributed by atoms with Gasteiger partial charge in [0.1, 0.15) is 0 Å². The van der Waals surface area contributed by atoms with E-state index in [1.807, 2.05) is 0 Å². The van der Waals surface area contributed by atoms with Crippen LogP contribution in [0, 0.1) is 28.6 Å². The normalized spacial score (nSPS) is 33.6. The molecule has 0 radical (unpaired) electrons. The Labute approximate surface area is 149 Å². The molecule has 0 amide bonds. The highest BCUT2D eigenvalue weighted by atomic mass is 16.5. The molecule has 2 rings (SSSR count). The molecule has 0 bridgehead atoms. The van der Waals surface area contributed by atoms with Crippen LogP contribution in [-0.4, -0.2) is 12.6 Å².